The third-order valence-electron chi connectivity index (χ3n) is 5.54. The lowest BCUT2D eigenvalue weighted by Gasteiger charge is -2.26. The van der Waals surface area contributed by atoms with Gasteiger partial charge in [-0.2, -0.15) is 4.31 Å². The fourth-order valence-electron chi connectivity index (χ4n) is 3.98. The van der Waals surface area contributed by atoms with E-state index >= 15 is 0 Å². The van der Waals surface area contributed by atoms with Gasteiger partial charge in [0.05, 0.1) is 23.2 Å². The fourth-order valence-corrected chi connectivity index (χ4v) is 5.52. The van der Waals surface area contributed by atoms with E-state index in [-0.39, 0.29) is 23.5 Å². The van der Waals surface area contributed by atoms with Crippen molar-refractivity contribution in [3.8, 4) is 5.75 Å². The van der Waals surface area contributed by atoms with Crippen LogP contribution < -0.4 is 10.1 Å². The first-order chi connectivity index (χ1) is 16.3. The molecule has 2 aromatic rings. The molecule has 8 heteroatoms. The van der Waals surface area contributed by atoms with Crippen molar-refractivity contribution < 1.29 is 17.9 Å². The summed E-state index contributed by atoms with van der Waals surface area (Å²) in [5.74, 6) is 0.193. The van der Waals surface area contributed by atoms with Crippen molar-refractivity contribution in [2.45, 2.75) is 50.7 Å². The molecule has 1 fully saturated rings. The Morgan fingerprint density at radius 2 is 1.85 bits per heavy atom. The standard InChI is InChI=1S/C26H35N3O4S/c1-4-15-28(19-22-11-7-5-8-12-22)20-26(30)27-24-18-23(13-14-25(24)33-21(2)3)34(31,32)29-16-9-6-10-17-29/h4-5,7-8,11-14,18,21H,1,6,9-10,15-17,19-20H2,2-3H3,(H,27,30). The Hall–Kier alpha value is -2.68. The van der Waals surface area contributed by atoms with Crippen molar-refractivity contribution in [2.75, 3.05) is 31.5 Å². The third-order valence-corrected chi connectivity index (χ3v) is 7.44. The third kappa shape index (κ3) is 7.16. The topological polar surface area (TPSA) is 79.0 Å². The average molecular weight is 486 g/mol. The van der Waals surface area contributed by atoms with Crippen LogP contribution in [-0.2, 0) is 21.4 Å². The molecule has 1 saturated heterocycles. The van der Waals surface area contributed by atoms with E-state index in [2.05, 4.69) is 11.9 Å². The van der Waals surface area contributed by atoms with Crippen LogP contribution in [0, 0.1) is 0 Å². The Balaban J connectivity index is 1.80. The molecule has 2 aromatic carbocycles. The van der Waals surface area contributed by atoms with Gasteiger partial charge in [-0.05, 0) is 50.5 Å². The molecule has 184 valence electrons. The molecule has 0 atom stereocenters. The summed E-state index contributed by atoms with van der Waals surface area (Å²) in [7, 11) is -3.64. The second kappa shape index (κ2) is 12.1. The van der Waals surface area contributed by atoms with Crippen LogP contribution in [0.4, 0.5) is 5.69 Å². The molecule has 1 aliphatic rings. The van der Waals surface area contributed by atoms with E-state index in [0.29, 0.717) is 37.6 Å². The Morgan fingerprint density at radius 1 is 1.15 bits per heavy atom. The smallest absolute Gasteiger partial charge is 0.243 e. The molecule has 0 saturated carbocycles. The summed E-state index contributed by atoms with van der Waals surface area (Å²) < 4.78 is 33.7. The highest BCUT2D eigenvalue weighted by molar-refractivity contribution is 7.89. The Kier molecular flexibility index (Phi) is 9.27. The molecule has 7 nitrogen and oxygen atoms in total. The van der Waals surface area contributed by atoms with Crippen molar-refractivity contribution >= 4 is 21.6 Å². The molecule has 3 rings (SSSR count). The van der Waals surface area contributed by atoms with Crippen LogP contribution in [0.5, 0.6) is 5.75 Å². The number of rotatable bonds is 11. The summed E-state index contributed by atoms with van der Waals surface area (Å²) >= 11 is 0. The van der Waals surface area contributed by atoms with Crippen LogP contribution in [0.2, 0.25) is 0 Å². The molecule has 34 heavy (non-hydrogen) atoms. The van der Waals surface area contributed by atoms with Crippen LogP contribution >= 0.6 is 0 Å². The van der Waals surface area contributed by atoms with Crippen molar-refractivity contribution in [1.82, 2.24) is 9.21 Å². The number of carbonyl (C=O) groups excluding carboxylic acids is 1. The maximum absolute atomic E-state index is 13.2. The quantitative estimate of drug-likeness (QED) is 0.481. The second-order valence-electron chi connectivity index (χ2n) is 8.78. The van der Waals surface area contributed by atoms with E-state index in [4.69, 9.17) is 4.74 Å². The minimum Gasteiger partial charge on any atom is -0.489 e. The van der Waals surface area contributed by atoms with Gasteiger partial charge in [-0.25, -0.2) is 8.42 Å². The Labute approximate surface area is 203 Å². The molecule has 0 aromatic heterocycles. The van der Waals surface area contributed by atoms with Gasteiger partial charge in [0.2, 0.25) is 15.9 Å². The maximum Gasteiger partial charge on any atom is 0.243 e. The number of hydrogen-bond acceptors (Lipinski definition) is 5. The first-order valence-corrected chi connectivity index (χ1v) is 13.2. The lowest BCUT2D eigenvalue weighted by atomic mass is 10.2. The monoisotopic (exact) mass is 485 g/mol. The molecular weight excluding hydrogens is 450 g/mol. The van der Waals surface area contributed by atoms with Gasteiger partial charge in [-0.15, -0.1) is 6.58 Å². The number of piperidine rings is 1. The molecular formula is C26H35N3O4S. The zero-order valence-corrected chi connectivity index (χ0v) is 20.9. The van der Waals surface area contributed by atoms with Crippen molar-refractivity contribution in [1.29, 1.82) is 0 Å². The molecule has 0 bridgehead atoms. The number of hydrogen-bond donors (Lipinski definition) is 1. The Morgan fingerprint density at radius 3 is 2.50 bits per heavy atom. The predicted molar refractivity (Wildman–Crippen MR) is 135 cm³/mol. The van der Waals surface area contributed by atoms with Gasteiger partial charge in [-0.3, -0.25) is 9.69 Å². The molecule has 1 amide bonds. The van der Waals surface area contributed by atoms with E-state index in [9.17, 15) is 13.2 Å². The van der Waals surface area contributed by atoms with Crippen molar-refractivity contribution in [3.63, 3.8) is 0 Å². The number of anilines is 1. The van der Waals surface area contributed by atoms with Gasteiger partial charge < -0.3 is 10.1 Å². The summed E-state index contributed by atoms with van der Waals surface area (Å²) in [5.41, 5.74) is 1.45. The summed E-state index contributed by atoms with van der Waals surface area (Å²) in [6, 6.07) is 14.6. The predicted octanol–water partition coefficient (Wildman–Crippen LogP) is 4.28. The zero-order valence-electron chi connectivity index (χ0n) is 20.1. The lowest BCUT2D eigenvalue weighted by Crippen LogP contribution is -2.35. The first-order valence-electron chi connectivity index (χ1n) is 11.8. The number of carbonyl (C=O) groups is 1. The summed E-state index contributed by atoms with van der Waals surface area (Å²) in [4.78, 5) is 15.1. The largest absolute Gasteiger partial charge is 0.489 e. The highest BCUT2D eigenvalue weighted by atomic mass is 32.2. The van der Waals surface area contributed by atoms with E-state index in [1.165, 1.54) is 10.4 Å². The Bertz CT molecular complexity index is 1060. The minimum absolute atomic E-state index is 0.129. The fraction of sp³-hybridized carbons (Fsp3) is 0.423. The van der Waals surface area contributed by atoms with E-state index in [1.807, 2.05) is 49.1 Å². The van der Waals surface area contributed by atoms with E-state index in [1.54, 1.807) is 18.2 Å². The maximum atomic E-state index is 13.2. The van der Waals surface area contributed by atoms with Gasteiger partial charge in [0.25, 0.3) is 0 Å². The number of amides is 1. The van der Waals surface area contributed by atoms with Crippen LogP contribution in [0.25, 0.3) is 0 Å². The second-order valence-corrected chi connectivity index (χ2v) is 10.7. The van der Waals surface area contributed by atoms with Gasteiger partial charge in [0.15, 0.2) is 0 Å². The highest BCUT2D eigenvalue weighted by Gasteiger charge is 2.27. The first kappa shape index (κ1) is 25.9. The van der Waals surface area contributed by atoms with Crippen LogP contribution in [0.1, 0.15) is 38.7 Å². The summed E-state index contributed by atoms with van der Waals surface area (Å²) in [6.07, 6.45) is 4.39. The van der Waals surface area contributed by atoms with Crippen LogP contribution in [0.15, 0.2) is 66.1 Å². The van der Waals surface area contributed by atoms with Crippen LogP contribution in [-0.4, -0.2) is 55.8 Å². The molecule has 0 unspecified atom stereocenters. The van der Waals surface area contributed by atoms with Gasteiger partial charge in [0, 0.05) is 26.2 Å². The number of ether oxygens (including phenoxy) is 1. The summed E-state index contributed by atoms with van der Waals surface area (Å²) in [5, 5.41) is 2.88. The van der Waals surface area contributed by atoms with Crippen molar-refractivity contribution in [2.24, 2.45) is 0 Å². The normalized spacial score (nSPS) is 14.8. The SMILES string of the molecule is C=CCN(CC(=O)Nc1cc(S(=O)(=O)N2CCCCC2)ccc1OC(C)C)Cc1ccccc1. The molecule has 1 aliphatic heterocycles. The number of benzene rings is 2. The van der Waals surface area contributed by atoms with Crippen molar-refractivity contribution in [3.05, 3.63) is 66.7 Å². The number of sulfonamides is 1. The molecule has 0 spiro atoms. The number of nitrogens with zero attached hydrogens (tertiary/aromatic N) is 2. The minimum atomic E-state index is -3.64. The zero-order chi connectivity index (χ0) is 24.6. The number of nitrogens with one attached hydrogen (secondary N) is 1. The highest BCUT2D eigenvalue weighted by Crippen LogP contribution is 2.31. The molecule has 0 radical (unpaired) electrons. The summed E-state index contributed by atoms with van der Waals surface area (Å²) in [6.45, 7) is 9.87. The average Bonchev–Trinajstić information content (AvgIpc) is 2.81. The van der Waals surface area contributed by atoms with Gasteiger partial charge in [0.1, 0.15) is 5.75 Å². The van der Waals surface area contributed by atoms with Gasteiger partial charge in [-0.1, -0.05) is 42.8 Å². The lowest BCUT2D eigenvalue weighted by molar-refractivity contribution is -0.117. The molecule has 1 heterocycles. The van der Waals surface area contributed by atoms with E-state index < -0.39 is 10.0 Å². The molecule has 0 aliphatic carbocycles. The van der Waals surface area contributed by atoms with Gasteiger partial charge >= 0.3 is 0 Å². The molecule has 1 N–H and O–H groups in total. The van der Waals surface area contributed by atoms with Crippen LogP contribution in [0.3, 0.4) is 0 Å². The van der Waals surface area contributed by atoms with E-state index in [0.717, 1.165) is 24.8 Å².